The molecule has 2 aliphatic rings. The zero-order chi connectivity index (χ0) is 12.0. The zero-order valence-electron chi connectivity index (χ0n) is 10.9. The first kappa shape index (κ1) is 11.1. The van der Waals surface area contributed by atoms with E-state index in [2.05, 4.69) is 49.9 Å². The lowest BCUT2D eigenvalue weighted by Gasteiger charge is -2.29. The van der Waals surface area contributed by atoms with Gasteiger partial charge in [-0.3, -0.25) is 0 Å². The summed E-state index contributed by atoms with van der Waals surface area (Å²) in [5, 5.41) is 0. The average Bonchev–Trinajstić information content (AvgIpc) is 2.89. The summed E-state index contributed by atoms with van der Waals surface area (Å²) in [4.78, 5) is 2.50. The van der Waals surface area contributed by atoms with Gasteiger partial charge < -0.3 is 9.64 Å². The summed E-state index contributed by atoms with van der Waals surface area (Å²) in [6, 6.07) is 9.67. The second-order valence-corrected chi connectivity index (χ2v) is 6.29. The largest absolute Gasteiger partial charge is 0.374 e. The number of benzene rings is 1. The lowest BCUT2D eigenvalue weighted by molar-refractivity contribution is 0.0991. The van der Waals surface area contributed by atoms with Gasteiger partial charge in [-0.15, -0.1) is 0 Å². The minimum atomic E-state index is 0.242. The molecule has 0 amide bonds. The second kappa shape index (κ2) is 3.74. The Kier molecular flexibility index (Phi) is 2.44. The molecule has 0 aliphatic carbocycles. The maximum atomic E-state index is 5.64. The number of rotatable bonds is 1. The topological polar surface area (TPSA) is 12.5 Å². The predicted molar refractivity (Wildman–Crippen MR) is 70.6 cm³/mol. The van der Waals surface area contributed by atoms with Crippen LogP contribution in [-0.4, -0.2) is 25.3 Å². The van der Waals surface area contributed by atoms with Crippen molar-refractivity contribution in [3.63, 3.8) is 0 Å². The lowest BCUT2D eigenvalue weighted by Crippen LogP contribution is -2.36. The molecule has 0 radical (unpaired) electrons. The fourth-order valence-corrected chi connectivity index (χ4v) is 2.87. The first-order chi connectivity index (χ1) is 8.04. The van der Waals surface area contributed by atoms with Crippen molar-refractivity contribution in [2.75, 3.05) is 18.1 Å². The van der Waals surface area contributed by atoms with E-state index in [0.717, 1.165) is 13.2 Å². The molecule has 92 valence electrons. The highest BCUT2D eigenvalue weighted by molar-refractivity contribution is 5.51. The van der Waals surface area contributed by atoms with E-state index >= 15 is 0 Å². The molecule has 3 rings (SSSR count). The Bertz CT molecular complexity index is 404. The summed E-state index contributed by atoms with van der Waals surface area (Å²) in [5.41, 5.74) is 3.00. The Morgan fingerprint density at radius 3 is 2.35 bits per heavy atom. The maximum Gasteiger partial charge on any atom is 0.0771 e. The van der Waals surface area contributed by atoms with Crippen LogP contribution in [0.4, 0.5) is 5.69 Å². The molecule has 2 atom stereocenters. The fourth-order valence-electron chi connectivity index (χ4n) is 2.87. The minimum Gasteiger partial charge on any atom is -0.374 e. The van der Waals surface area contributed by atoms with Crippen LogP contribution in [0.1, 0.15) is 32.8 Å². The Labute approximate surface area is 104 Å². The molecule has 2 bridgehead atoms. The van der Waals surface area contributed by atoms with Gasteiger partial charge in [-0.1, -0.05) is 32.9 Å². The molecule has 2 heterocycles. The van der Waals surface area contributed by atoms with E-state index in [1.807, 2.05) is 0 Å². The van der Waals surface area contributed by atoms with Gasteiger partial charge in [0.2, 0.25) is 0 Å². The van der Waals surface area contributed by atoms with Crippen molar-refractivity contribution < 1.29 is 4.74 Å². The highest BCUT2D eigenvalue weighted by Gasteiger charge is 2.38. The van der Waals surface area contributed by atoms with Crippen LogP contribution in [0.2, 0.25) is 0 Å². The van der Waals surface area contributed by atoms with Crippen molar-refractivity contribution >= 4 is 5.69 Å². The van der Waals surface area contributed by atoms with Crippen LogP contribution < -0.4 is 4.90 Å². The molecule has 2 fully saturated rings. The minimum absolute atomic E-state index is 0.242. The monoisotopic (exact) mass is 231 g/mol. The fraction of sp³-hybridized carbons (Fsp3) is 0.600. The third-order valence-corrected chi connectivity index (χ3v) is 3.97. The number of morpholine rings is 1. The van der Waals surface area contributed by atoms with Crippen LogP contribution >= 0.6 is 0 Å². The molecule has 1 aromatic carbocycles. The molecule has 0 saturated carbocycles. The molecule has 2 saturated heterocycles. The summed E-state index contributed by atoms with van der Waals surface area (Å²) in [6.45, 7) is 8.75. The molecule has 1 aromatic rings. The SMILES string of the molecule is CC(C)(C)c1ccc(N2C[C@@H]3C[C@H]2CO3)cc1. The number of ether oxygens (including phenoxy) is 1. The first-order valence-electron chi connectivity index (χ1n) is 6.53. The molecule has 0 spiro atoms. The molecular formula is C15H21NO. The van der Waals surface area contributed by atoms with Gasteiger partial charge in [-0.25, -0.2) is 0 Å². The van der Waals surface area contributed by atoms with Crippen LogP contribution in [0.5, 0.6) is 0 Å². The third kappa shape index (κ3) is 1.95. The molecule has 0 N–H and O–H groups in total. The zero-order valence-corrected chi connectivity index (χ0v) is 10.9. The summed E-state index contributed by atoms with van der Waals surface area (Å²) >= 11 is 0. The van der Waals surface area contributed by atoms with Crippen molar-refractivity contribution in [2.45, 2.75) is 44.8 Å². The Morgan fingerprint density at radius 2 is 1.88 bits per heavy atom. The molecule has 2 nitrogen and oxygen atoms in total. The van der Waals surface area contributed by atoms with Gasteiger partial charge in [0.05, 0.1) is 18.8 Å². The van der Waals surface area contributed by atoms with Gasteiger partial charge in [0.1, 0.15) is 0 Å². The van der Waals surface area contributed by atoms with E-state index in [4.69, 9.17) is 4.74 Å². The van der Waals surface area contributed by atoms with Gasteiger partial charge in [0, 0.05) is 12.2 Å². The first-order valence-corrected chi connectivity index (χ1v) is 6.53. The summed E-state index contributed by atoms with van der Waals surface area (Å²) in [5.74, 6) is 0. The summed E-state index contributed by atoms with van der Waals surface area (Å²) < 4.78 is 5.64. The molecular weight excluding hydrogens is 210 g/mol. The number of hydrogen-bond acceptors (Lipinski definition) is 2. The molecule has 0 aromatic heterocycles. The number of hydrogen-bond donors (Lipinski definition) is 0. The van der Waals surface area contributed by atoms with Crippen molar-refractivity contribution in [1.82, 2.24) is 0 Å². The molecule has 0 unspecified atom stereocenters. The summed E-state index contributed by atoms with van der Waals surface area (Å²) in [6.07, 6.45) is 1.68. The quantitative estimate of drug-likeness (QED) is 0.737. The number of fused-ring (bicyclic) bond motifs is 2. The van der Waals surface area contributed by atoms with E-state index in [0.29, 0.717) is 12.1 Å². The average molecular weight is 231 g/mol. The van der Waals surface area contributed by atoms with Crippen LogP contribution in [-0.2, 0) is 10.2 Å². The molecule has 17 heavy (non-hydrogen) atoms. The van der Waals surface area contributed by atoms with Gasteiger partial charge in [0.15, 0.2) is 0 Å². The standard InChI is InChI=1S/C15H21NO/c1-15(2,3)11-4-6-12(7-5-11)16-9-14-8-13(16)10-17-14/h4-7,13-14H,8-10H2,1-3H3/t13-,14-/m0/s1. The normalized spacial score (nSPS) is 27.8. The van der Waals surface area contributed by atoms with Crippen LogP contribution in [0.15, 0.2) is 24.3 Å². The summed E-state index contributed by atoms with van der Waals surface area (Å²) in [7, 11) is 0. The van der Waals surface area contributed by atoms with Crippen LogP contribution in [0.25, 0.3) is 0 Å². The van der Waals surface area contributed by atoms with Crippen LogP contribution in [0.3, 0.4) is 0 Å². The van der Waals surface area contributed by atoms with Gasteiger partial charge in [0.25, 0.3) is 0 Å². The highest BCUT2D eigenvalue weighted by atomic mass is 16.5. The van der Waals surface area contributed by atoms with E-state index in [-0.39, 0.29) is 5.41 Å². The van der Waals surface area contributed by atoms with Gasteiger partial charge in [-0.05, 0) is 29.5 Å². The predicted octanol–water partition coefficient (Wildman–Crippen LogP) is 2.96. The van der Waals surface area contributed by atoms with Crippen molar-refractivity contribution in [3.8, 4) is 0 Å². The van der Waals surface area contributed by atoms with E-state index in [1.165, 1.54) is 17.7 Å². The Balaban J connectivity index is 1.81. The second-order valence-electron chi connectivity index (χ2n) is 6.29. The third-order valence-electron chi connectivity index (χ3n) is 3.97. The number of anilines is 1. The van der Waals surface area contributed by atoms with Crippen LogP contribution in [0, 0.1) is 0 Å². The molecule has 2 heteroatoms. The lowest BCUT2D eigenvalue weighted by atomic mass is 9.87. The van der Waals surface area contributed by atoms with Gasteiger partial charge >= 0.3 is 0 Å². The van der Waals surface area contributed by atoms with Crippen molar-refractivity contribution in [1.29, 1.82) is 0 Å². The van der Waals surface area contributed by atoms with E-state index in [1.54, 1.807) is 0 Å². The van der Waals surface area contributed by atoms with E-state index < -0.39 is 0 Å². The highest BCUT2D eigenvalue weighted by Crippen LogP contribution is 2.33. The van der Waals surface area contributed by atoms with Crippen molar-refractivity contribution in [2.24, 2.45) is 0 Å². The van der Waals surface area contributed by atoms with Crippen molar-refractivity contribution in [3.05, 3.63) is 29.8 Å². The van der Waals surface area contributed by atoms with E-state index in [9.17, 15) is 0 Å². The Morgan fingerprint density at radius 1 is 1.18 bits per heavy atom. The Hall–Kier alpha value is -1.02. The smallest absolute Gasteiger partial charge is 0.0771 e. The maximum absolute atomic E-state index is 5.64. The van der Waals surface area contributed by atoms with Gasteiger partial charge in [-0.2, -0.15) is 0 Å². The molecule has 2 aliphatic heterocycles. The number of nitrogens with zero attached hydrogens (tertiary/aromatic N) is 1.